The van der Waals surface area contributed by atoms with Gasteiger partial charge in [0.2, 0.25) is 0 Å². The van der Waals surface area contributed by atoms with E-state index in [1.807, 2.05) is 13.8 Å². The molecule has 1 N–H and O–H groups in total. The molecule has 0 fully saturated rings. The van der Waals surface area contributed by atoms with E-state index >= 15 is 0 Å². The summed E-state index contributed by atoms with van der Waals surface area (Å²) < 4.78 is 0. The summed E-state index contributed by atoms with van der Waals surface area (Å²) in [6.45, 7) is 11.7. The van der Waals surface area contributed by atoms with Gasteiger partial charge in [0.1, 0.15) is 0 Å². The smallest absolute Gasteiger partial charge is 0.0683 e. The molecule has 0 spiro atoms. The van der Waals surface area contributed by atoms with Gasteiger partial charge in [-0.25, -0.2) is 0 Å². The van der Waals surface area contributed by atoms with E-state index in [1.165, 1.54) is 0 Å². The summed E-state index contributed by atoms with van der Waals surface area (Å²) in [6.07, 6.45) is 4.44. The van der Waals surface area contributed by atoms with Crippen molar-refractivity contribution in [2.75, 3.05) is 6.54 Å². The van der Waals surface area contributed by atoms with Crippen LogP contribution in [-0.4, -0.2) is 12.1 Å². The number of nitrogens with zero attached hydrogens (tertiary/aromatic N) is 1. The molecule has 0 atom stereocenters. The Morgan fingerprint density at radius 2 is 1.73 bits per heavy atom. The maximum atomic E-state index is 8.85. The lowest BCUT2D eigenvalue weighted by Crippen LogP contribution is -2.39. The fraction of sp³-hybridized carbons (Fsp3) is 0.923. The molecule has 0 saturated carbocycles. The molecule has 0 amide bonds. The monoisotopic (exact) mass is 210 g/mol. The summed E-state index contributed by atoms with van der Waals surface area (Å²) >= 11 is 0. The molecule has 0 heterocycles. The lowest BCUT2D eigenvalue weighted by atomic mass is 9.89. The molecule has 2 nitrogen and oxygen atoms in total. The summed E-state index contributed by atoms with van der Waals surface area (Å²) in [7, 11) is 0. The molecule has 0 unspecified atom stereocenters. The molecule has 88 valence electrons. The Morgan fingerprint density at radius 1 is 1.13 bits per heavy atom. The highest BCUT2D eigenvalue weighted by molar-refractivity contribution is 4.91. The van der Waals surface area contributed by atoms with Gasteiger partial charge in [-0.1, -0.05) is 13.3 Å². The van der Waals surface area contributed by atoms with Crippen molar-refractivity contribution in [3.63, 3.8) is 0 Å². The standard InChI is InChI=1S/C13H26N2/c1-6-13(4,5)15-10-8-7-9-12(2,3)11-14/h15H,6-10H2,1-5H3. The third kappa shape index (κ3) is 7.39. The molecule has 0 aromatic heterocycles. The molecular weight excluding hydrogens is 184 g/mol. The molecule has 0 aliphatic rings. The van der Waals surface area contributed by atoms with Crippen molar-refractivity contribution in [2.45, 2.75) is 65.8 Å². The number of hydrogen-bond acceptors (Lipinski definition) is 2. The first kappa shape index (κ1) is 14.5. The average Bonchev–Trinajstić information content (AvgIpc) is 2.17. The van der Waals surface area contributed by atoms with Crippen molar-refractivity contribution in [3.05, 3.63) is 0 Å². The molecule has 15 heavy (non-hydrogen) atoms. The summed E-state index contributed by atoms with van der Waals surface area (Å²) in [5, 5.41) is 12.4. The van der Waals surface area contributed by atoms with Crippen LogP contribution in [-0.2, 0) is 0 Å². The Hall–Kier alpha value is -0.550. The van der Waals surface area contributed by atoms with Crippen LogP contribution in [0.2, 0.25) is 0 Å². The lowest BCUT2D eigenvalue weighted by molar-refractivity contribution is 0.359. The van der Waals surface area contributed by atoms with E-state index in [-0.39, 0.29) is 11.0 Å². The van der Waals surface area contributed by atoms with Crippen molar-refractivity contribution in [1.29, 1.82) is 5.26 Å². The van der Waals surface area contributed by atoms with Gasteiger partial charge in [0.05, 0.1) is 11.5 Å². The molecule has 0 aromatic rings. The van der Waals surface area contributed by atoms with Crippen molar-refractivity contribution in [1.82, 2.24) is 5.32 Å². The molecule has 0 aromatic carbocycles. The molecular formula is C13H26N2. The first-order valence-corrected chi connectivity index (χ1v) is 5.99. The zero-order chi connectivity index (χ0) is 11.9. The van der Waals surface area contributed by atoms with E-state index in [9.17, 15) is 0 Å². The fourth-order valence-electron chi connectivity index (χ4n) is 1.30. The van der Waals surface area contributed by atoms with Crippen LogP contribution in [0.3, 0.4) is 0 Å². The van der Waals surface area contributed by atoms with Gasteiger partial charge >= 0.3 is 0 Å². The average molecular weight is 210 g/mol. The molecule has 2 heteroatoms. The molecule has 0 bridgehead atoms. The van der Waals surface area contributed by atoms with Crippen LogP contribution in [0.25, 0.3) is 0 Å². The molecule has 0 aliphatic carbocycles. The number of hydrogen-bond donors (Lipinski definition) is 1. The number of rotatable bonds is 7. The minimum Gasteiger partial charge on any atom is -0.312 e. The first-order chi connectivity index (χ1) is 6.83. The molecule has 0 aliphatic heterocycles. The van der Waals surface area contributed by atoms with Gasteiger partial charge in [0.25, 0.3) is 0 Å². The number of nitriles is 1. The van der Waals surface area contributed by atoms with Gasteiger partial charge < -0.3 is 5.32 Å². The quantitative estimate of drug-likeness (QED) is 0.653. The summed E-state index contributed by atoms with van der Waals surface area (Å²) in [6, 6.07) is 2.34. The predicted molar refractivity (Wildman–Crippen MR) is 65.6 cm³/mol. The van der Waals surface area contributed by atoms with Crippen molar-refractivity contribution in [3.8, 4) is 6.07 Å². The highest BCUT2D eigenvalue weighted by Gasteiger charge is 2.16. The normalized spacial score (nSPS) is 12.5. The Kier molecular flexibility index (Phi) is 5.90. The number of nitrogens with one attached hydrogen (secondary N) is 1. The molecule has 0 radical (unpaired) electrons. The van der Waals surface area contributed by atoms with Gasteiger partial charge in [-0.15, -0.1) is 0 Å². The van der Waals surface area contributed by atoms with Gasteiger partial charge in [0.15, 0.2) is 0 Å². The Bertz CT molecular complexity index is 211. The lowest BCUT2D eigenvalue weighted by Gasteiger charge is -2.24. The zero-order valence-electron chi connectivity index (χ0n) is 11.0. The minimum absolute atomic E-state index is 0.153. The second-order valence-corrected chi connectivity index (χ2v) is 5.62. The van der Waals surface area contributed by atoms with Gasteiger partial charge in [-0.3, -0.25) is 0 Å². The van der Waals surface area contributed by atoms with Gasteiger partial charge in [-0.2, -0.15) is 5.26 Å². The fourth-order valence-corrected chi connectivity index (χ4v) is 1.30. The second kappa shape index (κ2) is 6.12. The minimum atomic E-state index is -0.153. The van der Waals surface area contributed by atoms with E-state index in [2.05, 4.69) is 32.2 Å². The third-order valence-electron chi connectivity index (χ3n) is 3.02. The Labute approximate surface area is 95.1 Å². The second-order valence-electron chi connectivity index (χ2n) is 5.62. The van der Waals surface area contributed by atoms with Gasteiger partial charge in [-0.05, 0) is 53.5 Å². The van der Waals surface area contributed by atoms with Crippen molar-refractivity contribution in [2.24, 2.45) is 5.41 Å². The van der Waals surface area contributed by atoms with Gasteiger partial charge in [0, 0.05) is 5.54 Å². The maximum absolute atomic E-state index is 8.85. The topological polar surface area (TPSA) is 35.8 Å². The maximum Gasteiger partial charge on any atom is 0.0683 e. The van der Waals surface area contributed by atoms with E-state index in [4.69, 9.17) is 5.26 Å². The first-order valence-electron chi connectivity index (χ1n) is 5.99. The Balaban J connectivity index is 3.54. The Morgan fingerprint density at radius 3 is 2.20 bits per heavy atom. The van der Waals surface area contributed by atoms with Crippen LogP contribution in [0.4, 0.5) is 0 Å². The van der Waals surface area contributed by atoms with E-state index < -0.39 is 0 Å². The summed E-state index contributed by atoms with van der Waals surface area (Å²) in [4.78, 5) is 0. The zero-order valence-corrected chi connectivity index (χ0v) is 11.0. The van der Waals surface area contributed by atoms with Crippen LogP contribution in [0, 0.1) is 16.7 Å². The van der Waals surface area contributed by atoms with Crippen molar-refractivity contribution >= 4 is 0 Å². The van der Waals surface area contributed by atoms with Crippen LogP contribution in [0.1, 0.15) is 60.3 Å². The SMILES string of the molecule is CCC(C)(C)NCCCCC(C)(C)C#N. The molecule has 0 rings (SSSR count). The predicted octanol–water partition coefficient (Wildman–Crippen LogP) is 3.48. The van der Waals surface area contributed by atoms with Crippen LogP contribution < -0.4 is 5.32 Å². The van der Waals surface area contributed by atoms with Crippen LogP contribution >= 0.6 is 0 Å². The highest BCUT2D eigenvalue weighted by Crippen LogP contribution is 2.21. The summed E-state index contributed by atoms with van der Waals surface area (Å²) in [5.41, 5.74) is 0.102. The highest BCUT2D eigenvalue weighted by atomic mass is 14.9. The number of unbranched alkanes of at least 4 members (excludes halogenated alkanes) is 1. The van der Waals surface area contributed by atoms with E-state index in [0.717, 1.165) is 32.2 Å². The largest absolute Gasteiger partial charge is 0.312 e. The van der Waals surface area contributed by atoms with Crippen LogP contribution in [0.5, 0.6) is 0 Å². The summed E-state index contributed by atoms with van der Waals surface area (Å²) in [5.74, 6) is 0. The van der Waals surface area contributed by atoms with Crippen molar-refractivity contribution < 1.29 is 0 Å². The third-order valence-corrected chi connectivity index (χ3v) is 3.02. The van der Waals surface area contributed by atoms with E-state index in [0.29, 0.717) is 0 Å². The van der Waals surface area contributed by atoms with Crippen LogP contribution in [0.15, 0.2) is 0 Å². The van der Waals surface area contributed by atoms with E-state index in [1.54, 1.807) is 0 Å². The molecule has 0 saturated heterocycles.